The second-order valence-corrected chi connectivity index (χ2v) is 4.47. The van der Waals surface area contributed by atoms with Gasteiger partial charge in [-0.05, 0) is 12.1 Å². The Morgan fingerprint density at radius 3 is 3.10 bits per heavy atom. The monoisotopic (exact) mass is 287 g/mol. The number of nitrogens with zero attached hydrogens (tertiary/aromatic N) is 2. The molecule has 0 saturated heterocycles. The Morgan fingerprint density at radius 2 is 2.29 bits per heavy atom. The van der Waals surface area contributed by atoms with Gasteiger partial charge in [-0.1, -0.05) is 0 Å². The van der Waals surface area contributed by atoms with Crippen LogP contribution in [-0.4, -0.2) is 39.3 Å². The number of hydrogen-bond acceptors (Lipinski definition) is 6. The Balaban J connectivity index is 1.90. The zero-order chi connectivity index (χ0) is 14.8. The number of hydrogen-bond donors (Lipinski definition) is 3. The van der Waals surface area contributed by atoms with Crippen molar-refractivity contribution in [2.45, 2.75) is 6.92 Å². The zero-order valence-corrected chi connectivity index (χ0v) is 11.3. The van der Waals surface area contributed by atoms with Gasteiger partial charge in [-0.15, -0.1) is 0 Å². The average molecular weight is 287 g/mol. The van der Waals surface area contributed by atoms with E-state index in [4.69, 9.17) is 4.74 Å². The highest BCUT2D eigenvalue weighted by molar-refractivity contribution is 6.04. The highest BCUT2D eigenvalue weighted by Gasteiger charge is 2.09. The fourth-order valence-corrected chi connectivity index (χ4v) is 2.10. The summed E-state index contributed by atoms with van der Waals surface area (Å²) in [5.74, 6) is -0.0124. The Hall–Kier alpha value is -2.90. The number of nitrogens with one attached hydrogen (secondary N) is 3. The third-order valence-corrected chi connectivity index (χ3v) is 2.99. The molecule has 0 unspecified atom stereocenters. The smallest absolute Gasteiger partial charge is 0.302 e. The van der Waals surface area contributed by atoms with Crippen LogP contribution >= 0.6 is 0 Å². The number of carbonyl (C=O) groups is 1. The molecule has 1 aromatic carbocycles. The Morgan fingerprint density at radius 1 is 1.43 bits per heavy atom. The lowest BCUT2D eigenvalue weighted by molar-refractivity contribution is -0.140. The van der Waals surface area contributed by atoms with Gasteiger partial charge in [0.15, 0.2) is 0 Å². The summed E-state index contributed by atoms with van der Waals surface area (Å²) in [6.45, 7) is 1.91. The van der Waals surface area contributed by atoms with Crippen LogP contribution in [-0.2, 0) is 9.53 Å². The van der Waals surface area contributed by atoms with Crippen molar-refractivity contribution >= 4 is 33.7 Å². The fourth-order valence-electron chi connectivity index (χ4n) is 2.10. The second kappa shape index (κ2) is 5.23. The van der Waals surface area contributed by atoms with E-state index in [-0.39, 0.29) is 18.1 Å². The van der Waals surface area contributed by atoms with Crippen molar-refractivity contribution in [2.75, 3.05) is 18.5 Å². The molecule has 0 spiro atoms. The lowest BCUT2D eigenvalue weighted by Gasteiger charge is -2.06. The number of ether oxygens (including phenoxy) is 1. The lowest BCUT2D eigenvalue weighted by atomic mass is 10.1. The molecule has 0 aliphatic carbocycles. The van der Waals surface area contributed by atoms with E-state index in [1.54, 1.807) is 12.3 Å². The molecule has 0 amide bonds. The van der Waals surface area contributed by atoms with Crippen LogP contribution in [0.15, 0.2) is 23.1 Å². The summed E-state index contributed by atoms with van der Waals surface area (Å²) < 4.78 is 4.79. The van der Waals surface area contributed by atoms with Crippen molar-refractivity contribution in [2.24, 2.45) is 0 Å². The quantitative estimate of drug-likeness (QED) is 0.482. The lowest BCUT2D eigenvalue weighted by Crippen LogP contribution is -2.17. The first-order valence-electron chi connectivity index (χ1n) is 6.38. The van der Waals surface area contributed by atoms with E-state index in [2.05, 4.69) is 25.5 Å². The topological polar surface area (TPSA) is 113 Å². The standard InChI is InChI=1S/C13H13N5O3/c1-7(19)21-5-4-14-13-16-10-3-2-9-8(6-15-18-9)11(10)12(20)17-13/h2-3,6H,4-5H2,1H3,(H,15,18)(H2,14,16,17,20). The molecule has 0 aliphatic heterocycles. The molecular weight excluding hydrogens is 274 g/mol. The van der Waals surface area contributed by atoms with Gasteiger partial charge in [0.05, 0.1) is 29.2 Å². The molecule has 8 heteroatoms. The second-order valence-electron chi connectivity index (χ2n) is 4.47. The highest BCUT2D eigenvalue weighted by Crippen LogP contribution is 2.19. The van der Waals surface area contributed by atoms with Crippen LogP contribution in [0.1, 0.15) is 6.92 Å². The Bertz CT molecular complexity index is 867. The third kappa shape index (κ3) is 2.55. The maximum atomic E-state index is 12.2. The molecule has 2 heterocycles. The molecule has 108 valence electrons. The normalized spacial score (nSPS) is 10.9. The maximum Gasteiger partial charge on any atom is 0.302 e. The first kappa shape index (κ1) is 13.1. The van der Waals surface area contributed by atoms with E-state index in [1.807, 2.05) is 6.07 Å². The number of rotatable bonds is 4. The van der Waals surface area contributed by atoms with Crippen molar-refractivity contribution in [1.29, 1.82) is 0 Å². The molecule has 8 nitrogen and oxygen atoms in total. The largest absolute Gasteiger partial charge is 0.464 e. The minimum Gasteiger partial charge on any atom is -0.464 e. The molecular formula is C13H13N5O3. The summed E-state index contributed by atoms with van der Waals surface area (Å²) in [7, 11) is 0. The average Bonchev–Trinajstić information content (AvgIpc) is 2.91. The number of esters is 1. The van der Waals surface area contributed by atoms with Crippen LogP contribution in [0.3, 0.4) is 0 Å². The van der Waals surface area contributed by atoms with Gasteiger partial charge in [0.25, 0.3) is 5.56 Å². The van der Waals surface area contributed by atoms with Gasteiger partial charge in [-0.25, -0.2) is 4.98 Å². The zero-order valence-electron chi connectivity index (χ0n) is 11.3. The van der Waals surface area contributed by atoms with Crippen molar-refractivity contribution in [3.8, 4) is 0 Å². The van der Waals surface area contributed by atoms with Crippen LogP contribution in [0, 0.1) is 0 Å². The van der Waals surface area contributed by atoms with Gasteiger partial charge in [0.2, 0.25) is 5.95 Å². The van der Waals surface area contributed by atoms with Crippen LogP contribution in [0.25, 0.3) is 21.8 Å². The first-order valence-corrected chi connectivity index (χ1v) is 6.38. The van der Waals surface area contributed by atoms with Crippen LogP contribution in [0.5, 0.6) is 0 Å². The maximum absolute atomic E-state index is 12.2. The van der Waals surface area contributed by atoms with E-state index >= 15 is 0 Å². The molecule has 21 heavy (non-hydrogen) atoms. The van der Waals surface area contributed by atoms with Gasteiger partial charge in [-0.2, -0.15) is 5.10 Å². The van der Waals surface area contributed by atoms with Crippen molar-refractivity contribution in [3.63, 3.8) is 0 Å². The molecule has 0 atom stereocenters. The summed E-state index contributed by atoms with van der Waals surface area (Å²) in [4.78, 5) is 29.8. The molecule has 0 fully saturated rings. The number of benzene rings is 1. The van der Waals surface area contributed by atoms with E-state index in [9.17, 15) is 9.59 Å². The van der Waals surface area contributed by atoms with Gasteiger partial charge in [0, 0.05) is 12.3 Å². The van der Waals surface area contributed by atoms with Crippen LogP contribution in [0.4, 0.5) is 5.95 Å². The Kier molecular flexibility index (Phi) is 3.27. The van der Waals surface area contributed by atoms with Gasteiger partial charge in [-0.3, -0.25) is 19.7 Å². The molecule has 3 aromatic rings. The van der Waals surface area contributed by atoms with Gasteiger partial charge < -0.3 is 10.1 Å². The van der Waals surface area contributed by atoms with Crippen molar-refractivity contribution in [3.05, 3.63) is 28.7 Å². The molecule has 0 aliphatic rings. The number of H-pyrrole nitrogens is 2. The summed E-state index contributed by atoms with van der Waals surface area (Å²) in [6, 6.07) is 3.57. The molecule has 0 bridgehead atoms. The fraction of sp³-hybridized carbons (Fsp3) is 0.231. The third-order valence-electron chi connectivity index (χ3n) is 2.99. The van der Waals surface area contributed by atoms with Crippen LogP contribution < -0.4 is 10.9 Å². The predicted octanol–water partition coefficient (Wildman–Crippen LogP) is 0.774. The van der Waals surface area contributed by atoms with E-state index < -0.39 is 0 Å². The highest BCUT2D eigenvalue weighted by atomic mass is 16.5. The molecule has 0 saturated carbocycles. The van der Waals surface area contributed by atoms with Crippen molar-refractivity contribution in [1.82, 2.24) is 20.2 Å². The summed E-state index contributed by atoms with van der Waals surface area (Å²) in [5.41, 5.74) is 1.11. The summed E-state index contributed by atoms with van der Waals surface area (Å²) in [6.07, 6.45) is 1.60. The molecule has 2 aromatic heterocycles. The Labute approximate surface area is 118 Å². The minimum atomic E-state index is -0.348. The number of aromatic amines is 2. The number of carbonyl (C=O) groups excluding carboxylic acids is 1. The van der Waals surface area contributed by atoms with E-state index in [0.29, 0.717) is 23.4 Å². The number of anilines is 1. The van der Waals surface area contributed by atoms with E-state index in [0.717, 1.165) is 10.9 Å². The summed E-state index contributed by atoms with van der Waals surface area (Å²) >= 11 is 0. The number of aromatic nitrogens is 4. The SMILES string of the molecule is CC(=O)OCCNc1nc2ccc3[nH]ncc3c2c(=O)[nH]1. The molecule has 0 radical (unpaired) electrons. The van der Waals surface area contributed by atoms with Gasteiger partial charge in [0.1, 0.15) is 6.61 Å². The number of fused-ring (bicyclic) bond motifs is 3. The molecule has 3 N–H and O–H groups in total. The summed E-state index contributed by atoms with van der Waals surface area (Å²) in [5, 5.41) is 10.9. The molecule has 3 rings (SSSR count). The van der Waals surface area contributed by atoms with E-state index in [1.165, 1.54) is 6.92 Å². The first-order chi connectivity index (χ1) is 10.1. The van der Waals surface area contributed by atoms with Gasteiger partial charge >= 0.3 is 5.97 Å². The van der Waals surface area contributed by atoms with Crippen LogP contribution in [0.2, 0.25) is 0 Å². The minimum absolute atomic E-state index is 0.206. The predicted molar refractivity (Wildman–Crippen MR) is 77.1 cm³/mol. The van der Waals surface area contributed by atoms with Crippen molar-refractivity contribution < 1.29 is 9.53 Å².